The Bertz CT molecular complexity index is 1350. The number of hydrogen-bond acceptors (Lipinski definition) is 5. The predicted octanol–water partition coefficient (Wildman–Crippen LogP) is 5.89. The summed E-state index contributed by atoms with van der Waals surface area (Å²) in [6, 6.07) is 18.6. The van der Waals surface area contributed by atoms with Crippen molar-refractivity contribution in [3.05, 3.63) is 72.1 Å². The number of aryl methyl sites for hydroxylation is 1. The Morgan fingerprint density at radius 2 is 1.77 bits per heavy atom. The van der Waals surface area contributed by atoms with Crippen molar-refractivity contribution in [2.45, 2.75) is 46.1 Å². The van der Waals surface area contributed by atoms with Gasteiger partial charge in [0.05, 0.1) is 6.54 Å². The number of carbonyl (C=O) groups is 2. The maximum Gasteiger partial charge on any atom is 0.511 e. The third-order valence-electron chi connectivity index (χ3n) is 5.70. The highest BCUT2D eigenvalue weighted by atomic mass is 16.7. The zero-order valence-corrected chi connectivity index (χ0v) is 19.8. The van der Waals surface area contributed by atoms with Gasteiger partial charge in [0.1, 0.15) is 22.9 Å². The average molecular weight is 473 g/mol. The molecule has 180 valence electrons. The van der Waals surface area contributed by atoms with Crippen LogP contribution >= 0.6 is 0 Å². The Kier molecular flexibility index (Phi) is 7.40. The number of unbranched alkanes of at least 4 members (excludes halogenated alkanes) is 1. The molecular formula is C27H28N4O4. The number of hydrogen-bond donors (Lipinski definition) is 2. The standard InChI is InChI=1S/C27H28N4O4/c1-3-5-10-24-28-21-15-16-23(29-25(32)4-2)30-26(21)31(24)17-18-11-13-19(14-12-18)20-8-6-7-9-22(20)35-27(33)34/h6-9,11-16H,3-5,10,17H2,1-2H3,(H,33,34)(H,29,30,32). The van der Waals surface area contributed by atoms with Crippen LogP contribution in [0.15, 0.2) is 60.7 Å². The van der Waals surface area contributed by atoms with Crippen molar-refractivity contribution in [1.82, 2.24) is 14.5 Å². The molecule has 8 nitrogen and oxygen atoms in total. The van der Waals surface area contributed by atoms with Gasteiger partial charge >= 0.3 is 6.16 Å². The van der Waals surface area contributed by atoms with Gasteiger partial charge in [0.2, 0.25) is 5.91 Å². The van der Waals surface area contributed by atoms with Crippen molar-refractivity contribution in [3.63, 3.8) is 0 Å². The predicted molar refractivity (Wildman–Crippen MR) is 135 cm³/mol. The first-order chi connectivity index (χ1) is 17.0. The van der Waals surface area contributed by atoms with Crippen LogP contribution in [0.3, 0.4) is 0 Å². The van der Waals surface area contributed by atoms with E-state index >= 15 is 0 Å². The molecule has 0 fully saturated rings. The molecule has 0 aliphatic heterocycles. The van der Waals surface area contributed by atoms with Crippen LogP contribution in [0.5, 0.6) is 5.75 Å². The quantitative estimate of drug-likeness (QED) is 0.232. The second-order valence-corrected chi connectivity index (χ2v) is 8.22. The molecule has 2 heterocycles. The number of para-hydroxylation sites is 1. The summed E-state index contributed by atoms with van der Waals surface area (Å²) in [5, 5.41) is 11.8. The number of imidazole rings is 1. The zero-order chi connectivity index (χ0) is 24.8. The van der Waals surface area contributed by atoms with E-state index in [0.29, 0.717) is 30.1 Å². The largest absolute Gasteiger partial charge is 0.511 e. The van der Waals surface area contributed by atoms with Gasteiger partial charge in [0.25, 0.3) is 0 Å². The summed E-state index contributed by atoms with van der Waals surface area (Å²) in [6.45, 7) is 4.52. The lowest BCUT2D eigenvalue weighted by Gasteiger charge is -2.11. The minimum atomic E-state index is -1.34. The third-order valence-corrected chi connectivity index (χ3v) is 5.70. The first kappa shape index (κ1) is 23.9. The molecule has 35 heavy (non-hydrogen) atoms. The molecule has 0 bridgehead atoms. The van der Waals surface area contributed by atoms with E-state index < -0.39 is 6.16 Å². The second kappa shape index (κ2) is 10.8. The van der Waals surface area contributed by atoms with Crippen LogP contribution in [-0.4, -0.2) is 31.7 Å². The van der Waals surface area contributed by atoms with E-state index in [4.69, 9.17) is 14.8 Å². The van der Waals surface area contributed by atoms with Crippen molar-refractivity contribution in [1.29, 1.82) is 0 Å². The van der Waals surface area contributed by atoms with Crippen molar-refractivity contribution in [2.75, 3.05) is 5.32 Å². The Hall–Kier alpha value is -4.20. The van der Waals surface area contributed by atoms with E-state index in [1.165, 1.54) is 0 Å². The van der Waals surface area contributed by atoms with Gasteiger partial charge in [-0.25, -0.2) is 14.8 Å². The smallest absolute Gasteiger partial charge is 0.449 e. The average Bonchev–Trinajstić information content (AvgIpc) is 3.19. The van der Waals surface area contributed by atoms with Crippen molar-refractivity contribution >= 4 is 29.0 Å². The van der Waals surface area contributed by atoms with E-state index in [2.05, 4.69) is 21.8 Å². The fourth-order valence-electron chi connectivity index (χ4n) is 3.90. The van der Waals surface area contributed by atoms with Crippen molar-refractivity contribution in [2.24, 2.45) is 0 Å². The van der Waals surface area contributed by atoms with E-state index in [0.717, 1.165) is 47.4 Å². The number of aromatic nitrogens is 3. The van der Waals surface area contributed by atoms with Crippen LogP contribution < -0.4 is 10.1 Å². The van der Waals surface area contributed by atoms with E-state index in [1.807, 2.05) is 42.5 Å². The molecule has 0 radical (unpaired) electrons. The molecule has 0 spiro atoms. The summed E-state index contributed by atoms with van der Waals surface area (Å²) in [6.07, 6.45) is 1.95. The molecule has 2 aromatic carbocycles. The number of nitrogens with one attached hydrogen (secondary N) is 1. The van der Waals surface area contributed by atoms with Gasteiger partial charge in [-0.1, -0.05) is 62.7 Å². The number of benzene rings is 2. The molecule has 8 heteroatoms. The first-order valence-electron chi connectivity index (χ1n) is 11.7. The van der Waals surface area contributed by atoms with Crippen LogP contribution in [0.1, 0.15) is 44.5 Å². The number of ether oxygens (including phenoxy) is 1. The summed E-state index contributed by atoms with van der Waals surface area (Å²) in [5.74, 6) is 1.67. The normalized spacial score (nSPS) is 10.9. The fourth-order valence-corrected chi connectivity index (χ4v) is 3.90. The Morgan fingerprint density at radius 3 is 2.49 bits per heavy atom. The molecule has 2 aromatic heterocycles. The SMILES string of the molecule is CCCCc1nc2ccc(NC(=O)CC)nc2n1Cc1ccc(-c2ccccc2OC(=O)O)cc1. The summed E-state index contributed by atoms with van der Waals surface area (Å²) >= 11 is 0. The van der Waals surface area contributed by atoms with Gasteiger partial charge in [0.15, 0.2) is 5.65 Å². The summed E-state index contributed by atoms with van der Waals surface area (Å²) < 4.78 is 7.03. The molecule has 0 saturated carbocycles. The lowest BCUT2D eigenvalue weighted by Crippen LogP contribution is -2.11. The molecule has 0 saturated heterocycles. The Labute approximate surface area is 203 Å². The fraction of sp³-hybridized carbons (Fsp3) is 0.259. The summed E-state index contributed by atoms with van der Waals surface area (Å²) in [7, 11) is 0. The van der Waals surface area contributed by atoms with E-state index in [-0.39, 0.29) is 5.91 Å². The topological polar surface area (TPSA) is 106 Å². The molecule has 4 aromatic rings. The second-order valence-electron chi connectivity index (χ2n) is 8.22. The maximum atomic E-state index is 11.9. The molecular weight excluding hydrogens is 444 g/mol. The molecule has 1 amide bonds. The van der Waals surface area contributed by atoms with Crippen LogP contribution in [0.4, 0.5) is 10.6 Å². The summed E-state index contributed by atoms with van der Waals surface area (Å²) in [5.41, 5.74) is 4.13. The third kappa shape index (κ3) is 5.66. The number of pyridine rings is 1. The highest BCUT2D eigenvalue weighted by molar-refractivity contribution is 5.90. The summed E-state index contributed by atoms with van der Waals surface area (Å²) in [4.78, 5) is 32.4. The molecule has 0 atom stereocenters. The molecule has 2 N–H and O–H groups in total. The van der Waals surface area contributed by atoms with E-state index in [1.54, 1.807) is 25.1 Å². The molecule has 4 rings (SSSR count). The van der Waals surface area contributed by atoms with Gasteiger partial charge in [-0.3, -0.25) is 4.79 Å². The van der Waals surface area contributed by atoms with Gasteiger partial charge < -0.3 is 19.7 Å². The molecule has 0 aliphatic carbocycles. The lowest BCUT2D eigenvalue weighted by molar-refractivity contribution is -0.115. The highest BCUT2D eigenvalue weighted by Crippen LogP contribution is 2.30. The lowest BCUT2D eigenvalue weighted by atomic mass is 10.0. The number of anilines is 1. The Balaban J connectivity index is 1.66. The number of fused-ring (bicyclic) bond motifs is 1. The van der Waals surface area contributed by atoms with Crippen molar-refractivity contribution < 1.29 is 19.4 Å². The van der Waals surface area contributed by atoms with Crippen LogP contribution in [0.2, 0.25) is 0 Å². The minimum absolute atomic E-state index is 0.0862. The molecule has 0 aliphatic rings. The van der Waals surface area contributed by atoms with Crippen LogP contribution in [0.25, 0.3) is 22.3 Å². The zero-order valence-electron chi connectivity index (χ0n) is 19.8. The number of rotatable bonds is 9. The monoisotopic (exact) mass is 472 g/mol. The van der Waals surface area contributed by atoms with Gasteiger partial charge in [0, 0.05) is 18.4 Å². The van der Waals surface area contributed by atoms with Gasteiger partial charge in [-0.2, -0.15) is 0 Å². The number of carboxylic acid groups (broad SMARTS) is 1. The number of nitrogens with zero attached hydrogens (tertiary/aromatic N) is 3. The van der Waals surface area contributed by atoms with E-state index in [9.17, 15) is 9.59 Å². The first-order valence-corrected chi connectivity index (χ1v) is 11.7. The number of carbonyl (C=O) groups excluding carboxylic acids is 1. The van der Waals surface area contributed by atoms with Crippen molar-refractivity contribution in [3.8, 4) is 16.9 Å². The maximum absolute atomic E-state index is 11.9. The molecule has 0 unspecified atom stereocenters. The minimum Gasteiger partial charge on any atom is -0.449 e. The highest BCUT2D eigenvalue weighted by Gasteiger charge is 2.15. The van der Waals surface area contributed by atoms with Crippen LogP contribution in [0, 0.1) is 0 Å². The van der Waals surface area contributed by atoms with Crippen LogP contribution in [-0.2, 0) is 17.8 Å². The Morgan fingerprint density at radius 1 is 1.00 bits per heavy atom. The number of amides is 1. The van der Waals surface area contributed by atoms with Gasteiger partial charge in [-0.05, 0) is 35.7 Å². The van der Waals surface area contributed by atoms with Gasteiger partial charge in [-0.15, -0.1) is 0 Å².